The Morgan fingerprint density at radius 2 is 0.696 bits per heavy atom. The largest absolute Gasteiger partial charge is 0.207 e. The van der Waals surface area contributed by atoms with E-state index in [4.69, 9.17) is 0 Å². The first kappa shape index (κ1) is 26.6. The molecule has 0 bridgehead atoms. The van der Waals surface area contributed by atoms with Crippen LogP contribution in [0.15, 0.2) is 133 Å². The number of fused-ring (bicyclic) bond motifs is 2. The molecule has 0 spiro atoms. The van der Waals surface area contributed by atoms with Crippen molar-refractivity contribution in [2.24, 2.45) is 0 Å². The molecule has 0 atom stereocenters. The van der Waals surface area contributed by atoms with E-state index in [1.54, 1.807) is 0 Å². The smallest absolute Gasteiger partial charge is 0.194 e. The van der Waals surface area contributed by atoms with Crippen molar-refractivity contribution in [2.45, 2.75) is 0 Å². The zero-order valence-corrected chi connectivity index (χ0v) is 24.2. The van der Waals surface area contributed by atoms with E-state index >= 15 is 0 Å². The molecule has 218 valence electrons. The Bertz CT molecular complexity index is 2520. The lowest BCUT2D eigenvalue weighted by Gasteiger charge is -2.19. The van der Waals surface area contributed by atoms with E-state index in [-0.39, 0.29) is 11.4 Å². The van der Waals surface area contributed by atoms with E-state index < -0.39 is 17.5 Å². The predicted octanol–water partition coefficient (Wildman–Crippen LogP) is 12.4. The second kappa shape index (κ2) is 9.88. The van der Waals surface area contributed by atoms with E-state index in [1.807, 2.05) is 48.5 Å². The summed E-state index contributed by atoms with van der Waals surface area (Å²) in [5, 5.41) is 10.6. The van der Waals surface area contributed by atoms with Gasteiger partial charge in [-0.25, -0.2) is 17.6 Å². The third kappa shape index (κ3) is 3.93. The minimum absolute atomic E-state index is 0.266. The van der Waals surface area contributed by atoms with E-state index in [2.05, 4.69) is 60.7 Å². The van der Waals surface area contributed by atoms with Crippen LogP contribution in [0, 0.1) is 23.3 Å². The molecule has 9 aromatic rings. The molecular weight excluding hydrogens is 580 g/mol. The highest BCUT2D eigenvalue weighted by Gasteiger charge is 2.19. The van der Waals surface area contributed by atoms with Crippen LogP contribution in [0.2, 0.25) is 0 Å². The van der Waals surface area contributed by atoms with Crippen LogP contribution < -0.4 is 0 Å². The van der Waals surface area contributed by atoms with Crippen molar-refractivity contribution in [2.75, 3.05) is 0 Å². The first-order valence-electron chi connectivity index (χ1n) is 15.0. The highest BCUT2D eigenvalue weighted by Crippen LogP contribution is 2.46. The third-order valence-electron chi connectivity index (χ3n) is 9.20. The third-order valence-corrected chi connectivity index (χ3v) is 9.20. The highest BCUT2D eigenvalue weighted by molar-refractivity contribution is 6.26. The summed E-state index contributed by atoms with van der Waals surface area (Å²) in [6.07, 6.45) is 0. The van der Waals surface area contributed by atoms with Gasteiger partial charge in [-0.15, -0.1) is 0 Å². The quantitative estimate of drug-likeness (QED) is 0.0817. The molecule has 4 heteroatoms. The topological polar surface area (TPSA) is 0 Å². The normalized spacial score (nSPS) is 11.9. The van der Waals surface area contributed by atoms with Crippen molar-refractivity contribution in [1.29, 1.82) is 0 Å². The van der Waals surface area contributed by atoms with Gasteiger partial charge < -0.3 is 0 Å². The van der Waals surface area contributed by atoms with Gasteiger partial charge in [-0.1, -0.05) is 84.9 Å². The Kier molecular flexibility index (Phi) is 5.72. The summed E-state index contributed by atoms with van der Waals surface area (Å²) in [5.74, 6) is -4.16. The molecule has 0 radical (unpaired) electrons. The minimum Gasteiger partial charge on any atom is -0.207 e. The van der Waals surface area contributed by atoms with Crippen molar-refractivity contribution in [3.8, 4) is 33.4 Å². The van der Waals surface area contributed by atoms with Crippen molar-refractivity contribution in [3.05, 3.63) is 157 Å². The first-order chi connectivity index (χ1) is 22.4. The molecule has 0 aliphatic carbocycles. The van der Waals surface area contributed by atoms with Crippen molar-refractivity contribution >= 4 is 53.9 Å². The molecule has 9 rings (SSSR count). The van der Waals surface area contributed by atoms with Crippen LogP contribution in [0.5, 0.6) is 0 Å². The maximum absolute atomic E-state index is 14.1. The number of halogens is 4. The van der Waals surface area contributed by atoms with Crippen LogP contribution >= 0.6 is 0 Å². The molecule has 0 fully saturated rings. The molecule has 9 aromatic carbocycles. The summed E-state index contributed by atoms with van der Waals surface area (Å²) >= 11 is 0. The molecule has 0 aliphatic rings. The summed E-state index contributed by atoms with van der Waals surface area (Å²) in [7, 11) is 0. The Balaban J connectivity index is 1.30. The Morgan fingerprint density at radius 1 is 0.326 bits per heavy atom. The zero-order valence-electron chi connectivity index (χ0n) is 24.2. The highest BCUT2D eigenvalue weighted by atomic mass is 19.2. The summed E-state index contributed by atoms with van der Waals surface area (Å²) < 4.78 is 55.8. The second-order valence-corrected chi connectivity index (χ2v) is 11.8. The average molecular weight is 603 g/mol. The molecular formula is C42H22F4. The fourth-order valence-electron chi connectivity index (χ4n) is 7.24. The molecule has 0 saturated carbocycles. The zero-order chi connectivity index (χ0) is 31.1. The molecule has 0 amide bonds. The molecule has 0 N–H and O–H groups in total. The van der Waals surface area contributed by atoms with Crippen molar-refractivity contribution in [3.63, 3.8) is 0 Å². The average Bonchev–Trinajstić information content (AvgIpc) is 3.08. The Morgan fingerprint density at radius 3 is 1.13 bits per heavy atom. The Labute approximate surface area is 261 Å². The summed E-state index contributed by atoms with van der Waals surface area (Å²) in [4.78, 5) is 0. The molecule has 46 heavy (non-hydrogen) atoms. The van der Waals surface area contributed by atoms with Gasteiger partial charge >= 0.3 is 0 Å². The van der Waals surface area contributed by atoms with Gasteiger partial charge in [0.15, 0.2) is 17.5 Å². The summed E-state index contributed by atoms with van der Waals surface area (Å²) in [5.41, 5.74) is 5.15. The predicted molar refractivity (Wildman–Crippen MR) is 181 cm³/mol. The van der Waals surface area contributed by atoms with Gasteiger partial charge in [0.2, 0.25) is 0 Å². The molecule has 0 heterocycles. The fraction of sp³-hybridized carbons (Fsp3) is 0. The molecule has 0 aliphatic heterocycles. The monoisotopic (exact) mass is 602 g/mol. The van der Waals surface area contributed by atoms with Gasteiger partial charge in [0.25, 0.3) is 0 Å². The van der Waals surface area contributed by atoms with Crippen LogP contribution in [0.4, 0.5) is 17.6 Å². The van der Waals surface area contributed by atoms with E-state index in [0.29, 0.717) is 5.56 Å². The van der Waals surface area contributed by atoms with Gasteiger partial charge in [0, 0.05) is 0 Å². The molecule has 0 nitrogen and oxygen atoms in total. The minimum atomic E-state index is -1.47. The van der Waals surface area contributed by atoms with Crippen LogP contribution in [0.1, 0.15) is 0 Å². The van der Waals surface area contributed by atoms with E-state index in [0.717, 1.165) is 88.2 Å². The second-order valence-electron chi connectivity index (χ2n) is 11.8. The van der Waals surface area contributed by atoms with Crippen LogP contribution in [0.25, 0.3) is 87.2 Å². The Hall–Kier alpha value is -5.74. The maximum atomic E-state index is 14.1. The number of rotatable bonds is 3. The first-order valence-corrected chi connectivity index (χ1v) is 15.0. The molecule has 0 aromatic heterocycles. The van der Waals surface area contributed by atoms with Crippen molar-refractivity contribution < 1.29 is 17.6 Å². The molecule has 0 saturated heterocycles. The SMILES string of the molecule is Fc1ccc(-c2c3ccccc3c(-c3cc4ccc5cc(-c6cc(F)c(F)c(F)c6)cc6ccc(c3)c4c56)c3ccccc23)cc1. The summed E-state index contributed by atoms with van der Waals surface area (Å²) in [6, 6.07) is 42.0. The lowest BCUT2D eigenvalue weighted by Crippen LogP contribution is -1.93. The van der Waals surface area contributed by atoms with Crippen LogP contribution in [-0.4, -0.2) is 0 Å². The van der Waals surface area contributed by atoms with E-state index in [9.17, 15) is 17.6 Å². The number of hydrogen-bond acceptors (Lipinski definition) is 0. The summed E-state index contributed by atoms with van der Waals surface area (Å²) in [6.45, 7) is 0. The standard InChI is InChI=1S/C42H22F4/c43-31-15-13-23(14-16-31)40-32-5-1-3-7-34(32)41(35-8-4-2-6-33(35)40)30-19-26-11-9-24-17-28(29-21-36(44)42(46)37(45)22-29)18-25-10-12-27(20-30)39(26)38(24)25/h1-22H. The van der Waals surface area contributed by atoms with Crippen molar-refractivity contribution in [1.82, 2.24) is 0 Å². The lowest BCUT2D eigenvalue weighted by molar-refractivity contribution is 0.448. The fourth-order valence-corrected chi connectivity index (χ4v) is 7.24. The number of hydrogen-bond donors (Lipinski definition) is 0. The van der Waals surface area contributed by atoms with E-state index in [1.165, 1.54) is 12.1 Å². The van der Waals surface area contributed by atoms with Gasteiger partial charge in [0.05, 0.1) is 0 Å². The van der Waals surface area contributed by atoms with Gasteiger partial charge in [-0.05, 0) is 136 Å². The van der Waals surface area contributed by atoms with Crippen LogP contribution in [0.3, 0.4) is 0 Å². The lowest BCUT2D eigenvalue weighted by atomic mass is 9.84. The maximum Gasteiger partial charge on any atom is 0.194 e. The molecule has 0 unspecified atom stereocenters. The van der Waals surface area contributed by atoms with Gasteiger partial charge in [-0.2, -0.15) is 0 Å². The number of benzene rings is 9. The van der Waals surface area contributed by atoms with Gasteiger partial charge in [-0.3, -0.25) is 0 Å². The van der Waals surface area contributed by atoms with Gasteiger partial charge in [0.1, 0.15) is 5.82 Å². The van der Waals surface area contributed by atoms with Crippen LogP contribution in [-0.2, 0) is 0 Å².